The van der Waals surface area contributed by atoms with E-state index >= 15 is 0 Å². The third-order valence-corrected chi connectivity index (χ3v) is 5.97. The molecule has 14 heteroatoms. The van der Waals surface area contributed by atoms with Gasteiger partial charge < -0.3 is 15.1 Å². The molecule has 0 aromatic heterocycles. The normalized spacial score (nSPS) is 11.2. The van der Waals surface area contributed by atoms with Gasteiger partial charge in [0.1, 0.15) is 16.5 Å². The summed E-state index contributed by atoms with van der Waals surface area (Å²) in [4.78, 5) is 21.5. The number of hydrogen-bond donors (Lipinski definition) is 3. The Balaban J connectivity index is 0.000000604. The molecular formula is C23H19F5N2O6S. The number of aromatic carboxylic acids is 1. The zero-order valence-electron chi connectivity index (χ0n) is 18.8. The molecule has 198 valence electrons. The fraction of sp³-hybridized carbons (Fsp3) is 0.130. The quantitative estimate of drug-likeness (QED) is 0.366. The lowest BCUT2D eigenvalue weighted by atomic mass is 10.1. The van der Waals surface area contributed by atoms with Crippen LogP contribution in [0.25, 0.3) is 0 Å². The van der Waals surface area contributed by atoms with Gasteiger partial charge in [0.15, 0.2) is 0 Å². The molecule has 0 unspecified atom stereocenters. The van der Waals surface area contributed by atoms with Crippen LogP contribution in [-0.4, -0.2) is 43.8 Å². The minimum absolute atomic E-state index is 0.0899. The summed E-state index contributed by atoms with van der Waals surface area (Å²) in [6.45, 7) is 0.431. The van der Waals surface area contributed by atoms with Crippen LogP contribution in [0.4, 0.5) is 33.3 Å². The highest BCUT2D eigenvalue weighted by Gasteiger charge is 2.38. The van der Waals surface area contributed by atoms with Gasteiger partial charge in [-0.25, -0.2) is 26.8 Å². The molecular weight excluding hydrogens is 527 g/mol. The van der Waals surface area contributed by atoms with Gasteiger partial charge in [-0.1, -0.05) is 30.3 Å². The zero-order valence-corrected chi connectivity index (χ0v) is 19.6. The highest BCUT2D eigenvalue weighted by atomic mass is 32.2. The van der Waals surface area contributed by atoms with Crippen LogP contribution in [0.5, 0.6) is 0 Å². The average Bonchev–Trinajstić information content (AvgIpc) is 2.80. The molecule has 3 aromatic carbocycles. The topological polar surface area (TPSA) is 124 Å². The Kier molecular flexibility index (Phi) is 9.17. The number of carbonyl (C=O) groups is 2. The van der Waals surface area contributed by atoms with Gasteiger partial charge in [-0.15, -0.1) is 0 Å². The van der Waals surface area contributed by atoms with Crippen LogP contribution in [0.1, 0.15) is 15.9 Å². The molecule has 0 aliphatic heterocycles. The molecule has 0 aliphatic carbocycles. The fourth-order valence-corrected chi connectivity index (χ4v) is 4.08. The second-order valence-electron chi connectivity index (χ2n) is 7.36. The van der Waals surface area contributed by atoms with Crippen molar-refractivity contribution < 1.29 is 50.2 Å². The monoisotopic (exact) mass is 546 g/mol. The number of nitrogens with zero attached hydrogens (tertiary/aromatic N) is 1. The smallest absolute Gasteiger partial charge is 0.478 e. The summed E-state index contributed by atoms with van der Waals surface area (Å²) in [7, 11) is -2.75. The standard InChI is InChI=1S/C21H18F2N2O4S.C2HF3O2/c1-25(13-14-5-3-2-4-6-14)19-10-8-16(12-17(19)21(26)27)24-30(28,29)20-11-15(22)7-9-18(20)23;3-2(4,5)1(6)7/h2-12,24H,13H2,1H3,(H,26,27);(H,6,7). The summed E-state index contributed by atoms with van der Waals surface area (Å²) in [5.74, 6) is -6.06. The SMILES string of the molecule is CN(Cc1ccccc1)c1ccc(NS(=O)(=O)c2cc(F)ccc2F)cc1C(=O)O.O=C(O)C(F)(F)F. The largest absolute Gasteiger partial charge is 0.490 e. The van der Waals surface area contributed by atoms with Crippen LogP contribution in [0, 0.1) is 11.6 Å². The molecule has 3 N–H and O–H groups in total. The molecule has 0 spiro atoms. The number of sulfonamides is 1. The molecule has 0 radical (unpaired) electrons. The van der Waals surface area contributed by atoms with Gasteiger partial charge >= 0.3 is 18.1 Å². The van der Waals surface area contributed by atoms with E-state index in [2.05, 4.69) is 4.72 Å². The van der Waals surface area contributed by atoms with Crippen LogP contribution >= 0.6 is 0 Å². The number of benzene rings is 3. The number of carboxylic acids is 2. The Morgan fingerprint density at radius 3 is 2.08 bits per heavy atom. The highest BCUT2D eigenvalue weighted by molar-refractivity contribution is 7.92. The van der Waals surface area contributed by atoms with E-state index in [9.17, 15) is 40.3 Å². The summed E-state index contributed by atoms with van der Waals surface area (Å²) in [6, 6.07) is 15.4. The molecule has 3 aromatic rings. The molecule has 0 saturated heterocycles. The lowest BCUT2D eigenvalue weighted by Crippen LogP contribution is -2.21. The second kappa shape index (κ2) is 11.7. The summed E-state index contributed by atoms with van der Waals surface area (Å²) < 4.78 is 85.9. The van der Waals surface area contributed by atoms with Crippen LogP contribution in [-0.2, 0) is 21.4 Å². The number of anilines is 2. The molecule has 0 bridgehead atoms. The third kappa shape index (κ3) is 8.17. The summed E-state index contributed by atoms with van der Waals surface area (Å²) in [5.41, 5.74) is 1.09. The Bertz CT molecular complexity index is 1380. The number of aliphatic carboxylic acids is 1. The molecule has 8 nitrogen and oxygen atoms in total. The lowest BCUT2D eigenvalue weighted by molar-refractivity contribution is -0.192. The van der Waals surface area contributed by atoms with E-state index in [1.165, 1.54) is 12.1 Å². The first-order valence-electron chi connectivity index (χ1n) is 10.0. The van der Waals surface area contributed by atoms with E-state index in [0.717, 1.165) is 17.7 Å². The van der Waals surface area contributed by atoms with Crippen molar-refractivity contribution in [3.05, 3.63) is 89.5 Å². The first-order valence-corrected chi connectivity index (χ1v) is 11.5. The molecule has 0 saturated carbocycles. The van der Waals surface area contributed by atoms with E-state index in [0.29, 0.717) is 24.4 Å². The summed E-state index contributed by atoms with van der Waals surface area (Å²) in [6.07, 6.45) is -5.08. The third-order valence-electron chi connectivity index (χ3n) is 4.58. The minimum Gasteiger partial charge on any atom is -0.478 e. The van der Waals surface area contributed by atoms with E-state index < -0.39 is 44.7 Å². The second-order valence-corrected chi connectivity index (χ2v) is 9.01. The van der Waals surface area contributed by atoms with Crippen molar-refractivity contribution in [3.63, 3.8) is 0 Å². The van der Waals surface area contributed by atoms with Crippen molar-refractivity contribution in [1.29, 1.82) is 0 Å². The molecule has 37 heavy (non-hydrogen) atoms. The Morgan fingerprint density at radius 2 is 1.54 bits per heavy atom. The predicted molar refractivity (Wildman–Crippen MR) is 123 cm³/mol. The van der Waals surface area contributed by atoms with E-state index in [1.807, 2.05) is 30.3 Å². The van der Waals surface area contributed by atoms with Gasteiger partial charge in [0, 0.05) is 19.3 Å². The molecule has 0 fully saturated rings. The van der Waals surface area contributed by atoms with Gasteiger partial charge in [0.25, 0.3) is 10.0 Å². The number of carboxylic acid groups (broad SMARTS) is 2. The maximum atomic E-state index is 13.9. The van der Waals surface area contributed by atoms with E-state index in [4.69, 9.17) is 9.90 Å². The number of nitrogens with one attached hydrogen (secondary N) is 1. The number of alkyl halides is 3. The Labute approximate surface area is 207 Å². The number of hydrogen-bond acceptors (Lipinski definition) is 5. The predicted octanol–water partition coefficient (Wildman–Crippen LogP) is 4.73. The first-order chi connectivity index (χ1) is 17.1. The minimum atomic E-state index is -5.08. The van der Waals surface area contributed by atoms with Crippen LogP contribution < -0.4 is 9.62 Å². The van der Waals surface area contributed by atoms with Crippen LogP contribution in [0.15, 0.2) is 71.6 Å². The highest BCUT2D eigenvalue weighted by Crippen LogP contribution is 2.27. The van der Waals surface area contributed by atoms with Crippen molar-refractivity contribution in [2.24, 2.45) is 0 Å². The number of halogens is 5. The summed E-state index contributed by atoms with van der Waals surface area (Å²) >= 11 is 0. The summed E-state index contributed by atoms with van der Waals surface area (Å²) in [5, 5.41) is 16.7. The van der Waals surface area contributed by atoms with Crippen molar-refractivity contribution in [2.45, 2.75) is 17.6 Å². The zero-order chi connectivity index (χ0) is 28.0. The molecule has 0 amide bonds. The van der Waals surface area contributed by atoms with Crippen molar-refractivity contribution in [2.75, 3.05) is 16.7 Å². The molecule has 0 aliphatic rings. The van der Waals surface area contributed by atoms with Gasteiger partial charge in [0.05, 0.1) is 11.3 Å². The molecule has 3 rings (SSSR count). The Morgan fingerprint density at radius 1 is 0.946 bits per heavy atom. The van der Waals surface area contributed by atoms with Crippen LogP contribution in [0.2, 0.25) is 0 Å². The fourth-order valence-electron chi connectivity index (χ4n) is 2.94. The maximum absolute atomic E-state index is 13.9. The van der Waals surface area contributed by atoms with E-state index in [1.54, 1.807) is 11.9 Å². The molecule has 0 atom stereocenters. The van der Waals surface area contributed by atoms with Gasteiger partial charge in [0.2, 0.25) is 0 Å². The maximum Gasteiger partial charge on any atom is 0.490 e. The van der Waals surface area contributed by atoms with Crippen molar-refractivity contribution in [3.8, 4) is 0 Å². The van der Waals surface area contributed by atoms with Crippen molar-refractivity contribution >= 4 is 33.3 Å². The first kappa shape index (κ1) is 29.0. The van der Waals surface area contributed by atoms with Gasteiger partial charge in [-0.05, 0) is 42.0 Å². The van der Waals surface area contributed by atoms with Gasteiger partial charge in [-0.3, -0.25) is 4.72 Å². The van der Waals surface area contributed by atoms with Crippen LogP contribution in [0.3, 0.4) is 0 Å². The molecule has 0 heterocycles. The number of rotatable bonds is 7. The van der Waals surface area contributed by atoms with Gasteiger partial charge in [-0.2, -0.15) is 13.2 Å². The van der Waals surface area contributed by atoms with E-state index in [-0.39, 0.29) is 11.3 Å². The Hall–Kier alpha value is -4.20. The average molecular weight is 546 g/mol. The van der Waals surface area contributed by atoms with Crippen molar-refractivity contribution in [1.82, 2.24) is 0 Å². The lowest BCUT2D eigenvalue weighted by Gasteiger charge is -2.22.